The molecule has 0 unspecified atom stereocenters. The first-order chi connectivity index (χ1) is 10.6. The molecule has 22 heavy (non-hydrogen) atoms. The summed E-state index contributed by atoms with van der Waals surface area (Å²) in [5, 5.41) is 2.61. The summed E-state index contributed by atoms with van der Waals surface area (Å²) >= 11 is 0. The molecule has 0 heterocycles. The highest BCUT2D eigenvalue weighted by Crippen LogP contribution is 2.07. The average molecular weight is 318 g/mol. The van der Waals surface area contributed by atoms with Gasteiger partial charge in [0, 0.05) is 12.2 Å². The zero-order valence-corrected chi connectivity index (χ0v) is 12.8. The molecular weight excluding hydrogens is 300 g/mol. The van der Waals surface area contributed by atoms with E-state index in [1.54, 1.807) is 24.3 Å². The van der Waals surface area contributed by atoms with Crippen molar-refractivity contribution in [1.29, 1.82) is 0 Å². The molecule has 0 aliphatic carbocycles. The zero-order valence-electron chi connectivity index (χ0n) is 12.0. The third kappa shape index (κ3) is 5.57. The van der Waals surface area contributed by atoms with Gasteiger partial charge in [0.25, 0.3) is 0 Å². The summed E-state index contributed by atoms with van der Waals surface area (Å²) in [6.45, 7) is 0.0772. The molecule has 0 bridgehead atoms. The maximum absolute atomic E-state index is 11.9. The molecule has 0 radical (unpaired) electrons. The molecule has 1 amide bonds. The van der Waals surface area contributed by atoms with E-state index in [1.165, 1.54) is 0 Å². The number of carbonyl (C=O) groups excluding carboxylic acids is 1. The number of rotatable bonds is 7. The van der Waals surface area contributed by atoms with Gasteiger partial charge in [-0.05, 0) is 17.7 Å². The van der Waals surface area contributed by atoms with Gasteiger partial charge in [-0.2, -0.15) is 0 Å². The van der Waals surface area contributed by atoms with Crippen LogP contribution in [0.25, 0.3) is 0 Å². The third-order valence-electron chi connectivity index (χ3n) is 2.95. The minimum absolute atomic E-state index is 0.0772. The highest BCUT2D eigenvalue weighted by molar-refractivity contribution is 7.92. The largest absolute Gasteiger partial charge is 0.355 e. The molecule has 2 aromatic carbocycles. The number of hydrogen-bond donors (Lipinski definition) is 2. The summed E-state index contributed by atoms with van der Waals surface area (Å²) in [5.41, 5.74) is 1.41. The van der Waals surface area contributed by atoms with Crippen molar-refractivity contribution in [3.05, 3.63) is 66.2 Å². The van der Waals surface area contributed by atoms with Gasteiger partial charge in [0.15, 0.2) is 0 Å². The smallest absolute Gasteiger partial charge is 0.234 e. The molecule has 0 saturated carbocycles. The molecule has 0 atom stereocenters. The molecule has 0 fully saturated rings. The van der Waals surface area contributed by atoms with Gasteiger partial charge in [0.05, 0.1) is 12.2 Å². The second-order valence-electron chi connectivity index (χ2n) is 4.80. The molecule has 2 N–H and O–H groups in total. The number of sulfonamides is 1. The number of amides is 1. The summed E-state index contributed by atoms with van der Waals surface area (Å²) in [6, 6.07) is 18.0. The topological polar surface area (TPSA) is 75.3 Å². The van der Waals surface area contributed by atoms with E-state index in [0.29, 0.717) is 5.69 Å². The zero-order chi connectivity index (χ0) is 15.8. The molecule has 2 aromatic rings. The first-order valence-electron chi connectivity index (χ1n) is 6.91. The van der Waals surface area contributed by atoms with Gasteiger partial charge in [0.2, 0.25) is 15.9 Å². The van der Waals surface area contributed by atoms with Crippen LogP contribution in [0.2, 0.25) is 0 Å². The first-order valence-corrected chi connectivity index (χ1v) is 8.56. The molecule has 0 aliphatic heterocycles. The van der Waals surface area contributed by atoms with E-state index in [-0.39, 0.29) is 24.6 Å². The summed E-state index contributed by atoms with van der Waals surface area (Å²) in [7, 11) is -3.47. The van der Waals surface area contributed by atoms with Gasteiger partial charge in [-0.3, -0.25) is 9.52 Å². The number of benzene rings is 2. The molecule has 0 saturated heterocycles. The Kier molecular flexibility index (Phi) is 5.55. The molecule has 0 aliphatic rings. The first kappa shape index (κ1) is 16.0. The third-order valence-corrected chi connectivity index (χ3v) is 4.24. The Balaban J connectivity index is 1.76. The van der Waals surface area contributed by atoms with Gasteiger partial charge in [0.1, 0.15) is 0 Å². The average Bonchev–Trinajstić information content (AvgIpc) is 2.48. The number of hydrogen-bond acceptors (Lipinski definition) is 3. The quantitative estimate of drug-likeness (QED) is 0.817. The Bertz CT molecular complexity index is 701. The molecule has 6 heteroatoms. The highest BCUT2D eigenvalue weighted by Gasteiger charge is 2.11. The minimum Gasteiger partial charge on any atom is -0.355 e. The molecule has 116 valence electrons. The Morgan fingerprint density at radius 3 is 2.14 bits per heavy atom. The SMILES string of the molecule is O=C(Cc1ccccc1)NCCS(=O)(=O)Nc1ccccc1. The van der Waals surface area contributed by atoms with Crippen LogP contribution in [-0.4, -0.2) is 26.6 Å². The Labute approximate surface area is 130 Å². The predicted octanol–water partition coefficient (Wildman–Crippen LogP) is 1.79. The van der Waals surface area contributed by atoms with Crippen LogP contribution in [0.15, 0.2) is 60.7 Å². The van der Waals surface area contributed by atoms with Crippen molar-refractivity contribution in [3.8, 4) is 0 Å². The fraction of sp³-hybridized carbons (Fsp3) is 0.188. The van der Waals surface area contributed by atoms with E-state index < -0.39 is 10.0 Å². The second-order valence-corrected chi connectivity index (χ2v) is 6.64. The number of anilines is 1. The highest BCUT2D eigenvalue weighted by atomic mass is 32.2. The number of nitrogens with one attached hydrogen (secondary N) is 2. The van der Waals surface area contributed by atoms with Crippen molar-refractivity contribution in [3.63, 3.8) is 0 Å². The van der Waals surface area contributed by atoms with E-state index >= 15 is 0 Å². The van der Waals surface area contributed by atoms with Gasteiger partial charge < -0.3 is 5.32 Å². The van der Waals surface area contributed by atoms with Crippen LogP contribution < -0.4 is 10.0 Å². The van der Waals surface area contributed by atoms with Crippen LogP contribution >= 0.6 is 0 Å². The van der Waals surface area contributed by atoms with Crippen LogP contribution in [0.3, 0.4) is 0 Å². The molecule has 0 aromatic heterocycles. The maximum Gasteiger partial charge on any atom is 0.234 e. The predicted molar refractivity (Wildman–Crippen MR) is 87.0 cm³/mol. The fourth-order valence-corrected chi connectivity index (χ4v) is 2.87. The molecule has 2 rings (SSSR count). The Morgan fingerprint density at radius 1 is 0.909 bits per heavy atom. The van der Waals surface area contributed by atoms with Crippen molar-refractivity contribution >= 4 is 21.6 Å². The second kappa shape index (κ2) is 7.61. The van der Waals surface area contributed by atoms with E-state index in [2.05, 4.69) is 10.0 Å². The van der Waals surface area contributed by atoms with Crippen molar-refractivity contribution in [2.75, 3.05) is 17.0 Å². The van der Waals surface area contributed by atoms with Crippen molar-refractivity contribution in [2.45, 2.75) is 6.42 Å². The van der Waals surface area contributed by atoms with Crippen molar-refractivity contribution in [1.82, 2.24) is 5.32 Å². The maximum atomic E-state index is 11.9. The normalized spacial score (nSPS) is 10.9. The van der Waals surface area contributed by atoms with Crippen molar-refractivity contribution in [2.24, 2.45) is 0 Å². The van der Waals surface area contributed by atoms with Crippen LogP contribution in [0.4, 0.5) is 5.69 Å². The van der Waals surface area contributed by atoms with Crippen LogP contribution in [0.5, 0.6) is 0 Å². The summed E-state index contributed by atoms with van der Waals surface area (Å²) < 4.78 is 26.2. The van der Waals surface area contributed by atoms with E-state index in [9.17, 15) is 13.2 Å². The van der Waals surface area contributed by atoms with Gasteiger partial charge >= 0.3 is 0 Å². The monoisotopic (exact) mass is 318 g/mol. The van der Waals surface area contributed by atoms with Gasteiger partial charge in [-0.1, -0.05) is 48.5 Å². The van der Waals surface area contributed by atoms with Crippen LogP contribution in [-0.2, 0) is 21.2 Å². The number of carbonyl (C=O) groups is 1. The lowest BCUT2D eigenvalue weighted by molar-refractivity contribution is -0.120. The Hall–Kier alpha value is -2.34. The standard InChI is InChI=1S/C16H18N2O3S/c19-16(13-14-7-3-1-4-8-14)17-11-12-22(20,21)18-15-9-5-2-6-10-15/h1-10,18H,11-13H2,(H,17,19). The fourth-order valence-electron chi connectivity index (χ4n) is 1.91. The Morgan fingerprint density at radius 2 is 1.50 bits per heavy atom. The molecular formula is C16H18N2O3S. The van der Waals surface area contributed by atoms with Crippen LogP contribution in [0, 0.1) is 0 Å². The van der Waals surface area contributed by atoms with E-state index in [0.717, 1.165) is 5.56 Å². The lowest BCUT2D eigenvalue weighted by atomic mass is 10.1. The summed E-state index contributed by atoms with van der Waals surface area (Å²) in [5.74, 6) is -0.358. The summed E-state index contributed by atoms with van der Waals surface area (Å²) in [4.78, 5) is 11.7. The lowest BCUT2D eigenvalue weighted by Gasteiger charge is -2.09. The summed E-state index contributed by atoms with van der Waals surface area (Å²) in [6.07, 6.45) is 0.243. The van der Waals surface area contributed by atoms with Crippen molar-refractivity contribution < 1.29 is 13.2 Å². The van der Waals surface area contributed by atoms with Gasteiger partial charge in [-0.25, -0.2) is 8.42 Å². The van der Waals surface area contributed by atoms with Crippen LogP contribution in [0.1, 0.15) is 5.56 Å². The number of para-hydroxylation sites is 1. The van der Waals surface area contributed by atoms with Gasteiger partial charge in [-0.15, -0.1) is 0 Å². The van der Waals surface area contributed by atoms with E-state index in [1.807, 2.05) is 36.4 Å². The molecule has 0 spiro atoms. The lowest BCUT2D eigenvalue weighted by Crippen LogP contribution is -2.32. The minimum atomic E-state index is -3.47. The molecule has 5 nitrogen and oxygen atoms in total. The van der Waals surface area contributed by atoms with E-state index in [4.69, 9.17) is 0 Å².